The van der Waals surface area contributed by atoms with Gasteiger partial charge in [-0.25, -0.2) is 9.78 Å². The van der Waals surface area contributed by atoms with Gasteiger partial charge in [-0.1, -0.05) is 12.1 Å². The Morgan fingerprint density at radius 1 is 1.06 bits per heavy atom. The zero-order valence-corrected chi connectivity index (χ0v) is 9.95. The van der Waals surface area contributed by atoms with Crippen LogP contribution in [0.3, 0.4) is 0 Å². The normalized spacial score (nSPS) is 10.0. The van der Waals surface area contributed by atoms with Gasteiger partial charge in [0, 0.05) is 18.1 Å². The van der Waals surface area contributed by atoms with Gasteiger partial charge in [0.25, 0.3) is 0 Å². The minimum Gasteiger partial charge on any atom is -0.461 e. The van der Waals surface area contributed by atoms with Gasteiger partial charge in [0.1, 0.15) is 5.69 Å². The molecule has 0 unspecified atom stereocenters. The van der Waals surface area contributed by atoms with Crippen molar-refractivity contribution in [3.05, 3.63) is 60.2 Å². The van der Waals surface area contributed by atoms with Crippen molar-refractivity contribution in [3.8, 4) is 0 Å². The first-order valence-electron chi connectivity index (χ1n) is 5.84. The van der Waals surface area contributed by atoms with Crippen LogP contribution >= 0.6 is 0 Å². The lowest BCUT2D eigenvalue weighted by molar-refractivity contribution is 0.0493. The van der Waals surface area contributed by atoms with Gasteiger partial charge >= 0.3 is 5.97 Å². The second-order valence-corrected chi connectivity index (χ2v) is 3.78. The molecular weight excluding hydrogens is 228 g/mol. The second kappa shape index (κ2) is 6.49. The number of ether oxygens (including phenoxy) is 1. The molecule has 0 spiro atoms. The van der Waals surface area contributed by atoms with Crippen molar-refractivity contribution in [3.63, 3.8) is 0 Å². The van der Waals surface area contributed by atoms with Crippen LogP contribution in [0.25, 0.3) is 0 Å². The molecule has 0 bridgehead atoms. The monoisotopic (exact) mass is 242 g/mol. The molecule has 0 amide bonds. The molecule has 2 aromatic heterocycles. The van der Waals surface area contributed by atoms with E-state index >= 15 is 0 Å². The van der Waals surface area contributed by atoms with Crippen LogP contribution in [-0.2, 0) is 11.2 Å². The summed E-state index contributed by atoms with van der Waals surface area (Å²) in [5.74, 6) is -0.378. The Labute approximate surface area is 106 Å². The van der Waals surface area contributed by atoms with Crippen molar-refractivity contribution in [2.45, 2.75) is 12.8 Å². The Morgan fingerprint density at radius 2 is 1.83 bits per heavy atom. The number of carbonyl (C=O) groups excluding carboxylic acids is 1. The number of carbonyl (C=O) groups is 1. The highest BCUT2D eigenvalue weighted by atomic mass is 16.5. The largest absolute Gasteiger partial charge is 0.461 e. The van der Waals surface area contributed by atoms with Gasteiger partial charge in [-0.3, -0.25) is 4.98 Å². The quantitative estimate of drug-likeness (QED) is 0.596. The fourth-order valence-corrected chi connectivity index (χ4v) is 1.52. The van der Waals surface area contributed by atoms with Gasteiger partial charge in [-0.2, -0.15) is 0 Å². The molecule has 92 valence electrons. The summed E-state index contributed by atoms with van der Waals surface area (Å²) in [6, 6.07) is 10.9. The van der Waals surface area contributed by atoms with Crippen molar-refractivity contribution in [2.75, 3.05) is 6.61 Å². The van der Waals surface area contributed by atoms with Crippen LogP contribution in [0.2, 0.25) is 0 Å². The van der Waals surface area contributed by atoms with E-state index in [2.05, 4.69) is 9.97 Å². The van der Waals surface area contributed by atoms with Gasteiger partial charge in [-0.15, -0.1) is 0 Å². The maximum atomic E-state index is 11.6. The topological polar surface area (TPSA) is 52.1 Å². The van der Waals surface area contributed by atoms with E-state index in [1.807, 2.05) is 18.2 Å². The van der Waals surface area contributed by atoms with Crippen molar-refractivity contribution < 1.29 is 9.53 Å². The zero-order valence-electron chi connectivity index (χ0n) is 9.95. The van der Waals surface area contributed by atoms with Crippen LogP contribution < -0.4 is 0 Å². The predicted molar refractivity (Wildman–Crippen MR) is 67.1 cm³/mol. The first-order chi connectivity index (χ1) is 8.86. The Morgan fingerprint density at radius 3 is 2.50 bits per heavy atom. The number of hydrogen-bond acceptors (Lipinski definition) is 4. The molecule has 0 saturated carbocycles. The fourth-order valence-electron chi connectivity index (χ4n) is 1.52. The molecule has 0 aliphatic carbocycles. The average Bonchev–Trinajstić information content (AvgIpc) is 2.45. The number of hydrogen-bond donors (Lipinski definition) is 0. The van der Waals surface area contributed by atoms with Gasteiger partial charge in [0.05, 0.1) is 6.61 Å². The summed E-state index contributed by atoms with van der Waals surface area (Å²) in [5.41, 5.74) is 1.35. The number of aryl methyl sites for hydroxylation is 1. The average molecular weight is 242 g/mol. The van der Waals surface area contributed by atoms with Crippen LogP contribution in [0.1, 0.15) is 22.6 Å². The van der Waals surface area contributed by atoms with Crippen molar-refractivity contribution in [2.24, 2.45) is 0 Å². The summed E-state index contributed by atoms with van der Waals surface area (Å²) >= 11 is 0. The minimum atomic E-state index is -0.378. The minimum absolute atomic E-state index is 0.343. The van der Waals surface area contributed by atoms with Gasteiger partial charge in [0.2, 0.25) is 0 Å². The number of nitrogens with zero attached hydrogens (tertiary/aromatic N) is 2. The van der Waals surface area contributed by atoms with Crippen LogP contribution in [0.15, 0.2) is 48.8 Å². The van der Waals surface area contributed by atoms with Crippen LogP contribution in [-0.4, -0.2) is 22.5 Å². The van der Waals surface area contributed by atoms with Crippen molar-refractivity contribution in [1.29, 1.82) is 0 Å². The smallest absolute Gasteiger partial charge is 0.356 e. The summed E-state index contributed by atoms with van der Waals surface area (Å²) in [5, 5.41) is 0. The number of rotatable bonds is 5. The molecule has 2 aromatic rings. The number of pyridine rings is 2. The highest BCUT2D eigenvalue weighted by molar-refractivity contribution is 5.87. The van der Waals surface area contributed by atoms with E-state index in [4.69, 9.17) is 4.74 Å². The first kappa shape index (κ1) is 12.2. The Bertz CT molecular complexity index is 486. The zero-order chi connectivity index (χ0) is 12.6. The summed E-state index contributed by atoms with van der Waals surface area (Å²) in [6.45, 7) is 0.381. The molecule has 0 aliphatic heterocycles. The highest BCUT2D eigenvalue weighted by Gasteiger charge is 2.06. The standard InChI is InChI=1S/C14H14N2O2/c17-14(13-8-2-4-10-16-13)18-11-5-7-12-6-1-3-9-15-12/h1-4,6,8-10H,5,7,11H2. The van der Waals surface area contributed by atoms with Gasteiger partial charge in [-0.05, 0) is 37.1 Å². The number of esters is 1. The molecular formula is C14H14N2O2. The summed E-state index contributed by atoms with van der Waals surface area (Å²) in [4.78, 5) is 19.7. The molecule has 0 N–H and O–H groups in total. The van der Waals surface area contributed by atoms with E-state index in [0.29, 0.717) is 12.3 Å². The third kappa shape index (κ3) is 3.66. The molecule has 4 nitrogen and oxygen atoms in total. The van der Waals surface area contributed by atoms with Gasteiger partial charge in [0.15, 0.2) is 0 Å². The van der Waals surface area contributed by atoms with E-state index in [1.54, 1.807) is 30.6 Å². The molecule has 4 heteroatoms. The SMILES string of the molecule is O=C(OCCCc1ccccn1)c1ccccn1. The van der Waals surface area contributed by atoms with Crippen LogP contribution in [0, 0.1) is 0 Å². The lowest BCUT2D eigenvalue weighted by atomic mass is 10.2. The maximum absolute atomic E-state index is 11.6. The summed E-state index contributed by atoms with van der Waals surface area (Å²) in [7, 11) is 0. The summed E-state index contributed by atoms with van der Waals surface area (Å²) in [6.07, 6.45) is 4.89. The Hall–Kier alpha value is -2.23. The third-order valence-corrected chi connectivity index (χ3v) is 2.41. The van der Waals surface area contributed by atoms with E-state index < -0.39 is 0 Å². The highest BCUT2D eigenvalue weighted by Crippen LogP contribution is 2.01. The van der Waals surface area contributed by atoms with E-state index in [1.165, 1.54) is 0 Å². The van der Waals surface area contributed by atoms with Crippen LogP contribution in [0.5, 0.6) is 0 Å². The van der Waals surface area contributed by atoms with Gasteiger partial charge < -0.3 is 4.74 Å². The van der Waals surface area contributed by atoms with E-state index in [9.17, 15) is 4.79 Å². The number of aromatic nitrogens is 2. The predicted octanol–water partition coefficient (Wildman–Crippen LogP) is 2.27. The first-order valence-corrected chi connectivity index (χ1v) is 5.84. The maximum Gasteiger partial charge on any atom is 0.356 e. The molecule has 0 atom stereocenters. The van der Waals surface area contributed by atoms with Crippen LogP contribution in [0.4, 0.5) is 0 Å². The Balaban J connectivity index is 1.72. The summed E-state index contributed by atoms with van der Waals surface area (Å²) < 4.78 is 5.12. The molecule has 0 aromatic carbocycles. The lowest BCUT2D eigenvalue weighted by Crippen LogP contribution is -2.08. The van der Waals surface area contributed by atoms with E-state index in [0.717, 1.165) is 18.5 Å². The third-order valence-electron chi connectivity index (χ3n) is 2.41. The fraction of sp³-hybridized carbons (Fsp3) is 0.214. The Kier molecular flexibility index (Phi) is 4.41. The molecule has 0 fully saturated rings. The van der Waals surface area contributed by atoms with Crippen molar-refractivity contribution >= 4 is 5.97 Å². The van der Waals surface area contributed by atoms with E-state index in [-0.39, 0.29) is 5.97 Å². The molecule has 0 aliphatic rings. The molecule has 2 rings (SSSR count). The second-order valence-electron chi connectivity index (χ2n) is 3.78. The molecule has 2 heterocycles. The van der Waals surface area contributed by atoms with Crippen molar-refractivity contribution in [1.82, 2.24) is 9.97 Å². The lowest BCUT2D eigenvalue weighted by Gasteiger charge is -2.03. The molecule has 0 saturated heterocycles. The molecule has 0 radical (unpaired) electrons. The molecule has 18 heavy (non-hydrogen) atoms.